The average Bonchev–Trinajstić information content (AvgIpc) is 2.73. The van der Waals surface area contributed by atoms with E-state index in [1.54, 1.807) is 18.2 Å². The number of phenols is 1. The predicted octanol–water partition coefficient (Wildman–Crippen LogP) is 6.99. The third kappa shape index (κ3) is 4.76. The topological polar surface area (TPSA) is 32.3 Å². The molecule has 0 aromatic heterocycles. The quantitative estimate of drug-likeness (QED) is 0.455. The lowest BCUT2D eigenvalue weighted by Gasteiger charge is -2.14. The van der Waals surface area contributed by atoms with Gasteiger partial charge in [-0.1, -0.05) is 74.5 Å². The summed E-state index contributed by atoms with van der Waals surface area (Å²) in [6, 6.07) is 22.2. The van der Waals surface area contributed by atoms with Crippen LogP contribution >= 0.6 is 11.6 Å². The summed E-state index contributed by atoms with van der Waals surface area (Å²) >= 11 is 6.03. The highest BCUT2D eigenvalue weighted by atomic mass is 35.5. The van der Waals surface area contributed by atoms with Crippen LogP contribution in [0.1, 0.15) is 42.9 Å². The third-order valence-corrected chi connectivity index (χ3v) is 5.35. The second kappa shape index (κ2) is 8.99. The standard InChI is InChI=1S/C25H26ClNO/c1-4-17(2)20-8-6-10-22(14-20)21-9-5-7-19(13-21)16-27-18(3)24-15-23(26)11-12-25(24)28/h5-15,17,27-28H,3-4,16H2,1-2H3. The van der Waals surface area contributed by atoms with Gasteiger partial charge in [0.15, 0.2) is 0 Å². The molecule has 0 saturated carbocycles. The van der Waals surface area contributed by atoms with Gasteiger partial charge in [0, 0.05) is 22.8 Å². The van der Waals surface area contributed by atoms with Gasteiger partial charge in [0.05, 0.1) is 0 Å². The van der Waals surface area contributed by atoms with Gasteiger partial charge in [-0.3, -0.25) is 0 Å². The Kier molecular flexibility index (Phi) is 6.43. The van der Waals surface area contributed by atoms with E-state index in [1.165, 1.54) is 16.7 Å². The molecule has 28 heavy (non-hydrogen) atoms. The van der Waals surface area contributed by atoms with E-state index in [0.29, 0.717) is 28.7 Å². The molecular formula is C25H26ClNO. The molecule has 0 aliphatic heterocycles. The summed E-state index contributed by atoms with van der Waals surface area (Å²) in [5, 5.41) is 13.9. The summed E-state index contributed by atoms with van der Waals surface area (Å²) in [4.78, 5) is 0. The molecule has 3 aromatic carbocycles. The van der Waals surface area contributed by atoms with Crippen LogP contribution in [0.4, 0.5) is 0 Å². The van der Waals surface area contributed by atoms with Gasteiger partial charge in [-0.2, -0.15) is 0 Å². The molecule has 0 radical (unpaired) electrons. The number of phenolic OH excluding ortho intramolecular Hbond substituents is 1. The second-order valence-electron chi connectivity index (χ2n) is 7.13. The molecule has 3 rings (SSSR count). The number of halogens is 1. The lowest BCUT2D eigenvalue weighted by atomic mass is 9.94. The molecule has 3 aromatic rings. The summed E-state index contributed by atoms with van der Waals surface area (Å²) < 4.78 is 0. The number of aromatic hydroxyl groups is 1. The van der Waals surface area contributed by atoms with Crippen molar-refractivity contribution in [2.24, 2.45) is 0 Å². The zero-order valence-electron chi connectivity index (χ0n) is 16.4. The molecule has 0 spiro atoms. The largest absolute Gasteiger partial charge is 0.507 e. The summed E-state index contributed by atoms with van der Waals surface area (Å²) in [6.45, 7) is 9.12. The van der Waals surface area contributed by atoms with E-state index in [2.05, 4.69) is 74.3 Å². The van der Waals surface area contributed by atoms with E-state index in [-0.39, 0.29) is 5.75 Å². The van der Waals surface area contributed by atoms with Gasteiger partial charge in [0.2, 0.25) is 0 Å². The molecule has 0 saturated heterocycles. The van der Waals surface area contributed by atoms with Crippen LogP contribution in [0.5, 0.6) is 5.75 Å². The number of rotatable bonds is 7. The minimum absolute atomic E-state index is 0.164. The van der Waals surface area contributed by atoms with Crippen molar-refractivity contribution < 1.29 is 5.11 Å². The Morgan fingerprint density at radius 1 is 1.04 bits per heavy atom. The van der Waals surface area contributed by atoms with E-state index in [1.807, 2.05) is 0 Å². The lowest BCUT2D eigenvalue weighted by molar-refractivity contribution is 0.473. The highest BCUT2D eigenvalue weighted by Gasteiger charge is 2.08. The van der Waals surface area contributed by atoms with Crippen molar-refractivity contribution in [3.8, 4) is 16.9 Å². The van der Waals surface area contributed by atoms with Gasteiger partial charge in [0.25, 0.3) is 0 Å². The number of benzene rings is 3. The Morgan fingerprint density at radius 2 is 1.75 bits per heavy atom. The Hall–Kier alpha value is -2.71. The maximum Gasteiger partial charge on any atom is 0.124 e. The van der Waals surface area contributed by atoms with Crippen LogP contribution in [0, 0.1) is 0 Å². The number of hydrogen-bond donors (Lipinski definition) is 2. The number of hydrogen-bond acceptors (Lipinski definition) is 2. The SMILES string of the molecule is C=C(NCc1cccc(-c2cccc(C(C)CC)c2)c1)c1cc(Cl)ccc1O. The summed E-state index contributed by atoms with van der Waals surface area (Å²) in [7, 11) is 0. The highest BCUT2D eigenvalue weighted by molar-refractivity contribution is 6.30. The first-order chi connectivity index (χ1) is 13.5. The van der Waals surface area contributed by atoms with E-state index in [9.17, 15) is 5.11 Å². The molecule has 144 valence electrons. The predicted molar refractivity (Wildman–Crippen MR) is 120 cm³/mol. The normalized spacial score (nSPS) is 11.8. The molecule has 0 bridgehead atoms. The zero-order chi connectivity index (χ0) is 20.1. The maximum atomic E-state index is 10.0. The molecule has 2 N–H and O–H groups in total. The van der Waals surface area contributed by atoms with E-state index in [0.717, 1.165) is 12.0 Å². The van der Waals surface area contributed by atoms with Gasteiger partial charge in [0.1, 0.15) is 5.75 Å². The molecule has 3 heteroatoms. The monoisotopic (exact) mass is 391 g/mol. The van der Waals surface area contributed by atoms with E-state index < -0.39 is 0 Å². The molecule has 1 unspecified atom stereocenters. The highest BCUT2D eigenvalue weighted by Crippen LogP contribution is 2.28. The van der Waals surface area contributed by atoms with Crippen molar-refractivity contribution >= 4 is 17.3 Å². The van der Waals surface area contributed by atoms with Crippen LogP contribution in [-0.4, -0.2) is 5.11 Å². The van der Waals surface area contributed by atoms with E-state index in [4.69, 9.17) is 11.6 Å². The van der Waals surface area contributed by atoms with Gasteiger partial charge in [-0.25, -0.2) is 0 Å². The van der Waals surface area contributed by atoms with Crippen LogP contribution < -0.4 is 5.32 Å². The molecule has 0 aliphatic carbocycles. The van der Waals surface area contributed by atoms with E-state index >= 15 is 0 Å². The van der Waals surface area contributed by atoms with Crippen LogP contribution in [0.25, 0.3) is 16.8 Å². The van der Waals surface area contributed by atoms with Gasteiger partial charge >= 0.3 is 0 Å². The average molecular weight is 392 g/mol. The van der Waals surface area contributed by atoms with Crippen molar-refractivity contribution in [3.05, 3.63) is 95.0 Å². The van der Waals surface area contributed by atoms with Crippen molar-refractivity contribution in [1.29, 1.82) is 0 Å². The Bertz CT molecular complexity index is 980. The fourth-order valence-electron chi connectivity index (χ4n) is 3.18. The van der Waals surface area contributed by atoms with Crippen molar-refractivity contribution in [2.45, 2.75) is 32.7 Å². The molecule has 1 atom stereocenters. The van der Waals surface area contributed by atoms with Crippen molar-refractivity contribution in [2.75, 3.05) is 0 Å². The summed E-state index contributed by atoms with van der Waals surface area (Å²) in [5.41, 5.74) is 6.20. The zero-order valence-corrected chi connectivity index (χ0v) is 17.1. The van der Waals surface area contributed by atoms with Gasteiger partial charge < -0.3 is 10.4 Å². The first-order valence-electron chi connectivity index (χ1n) is 9.59. The third-order valence-electron chi connectivity index (χ3n) is 5.12. The molecule has 0 heterocycles. The van der Waals surface area contributed by atoms with Crippen LogP contribution in [0.15, 0.2) is 73.3 Å². The van der Waals surface area contributed by atoms with Crippen LogP contribution in [0.3, 0.4) is 0 Å². The Labute approximate surface area is 172 Å². The van der Waals surface area contributed by atoms with Crippen LogP contribution in [-0.2, 0) is 6.54 Å². The van der Waals surface area contributed by atoms with Crippen molar-refractivity contribution in [3.63, 3.8) is 0 Å². The maximum absolute atomic E-state index is 10.0. The Balaban J connectivity index is 1.75. The summed E-state index contributed by atoms with van der Waals surface area (Å²) in [5.74, 6) is 0.719. The number of nitrogens with one attached hydrogen (secondary N) is 1. The molecule has 0 amide bonds. The van der Waals surface area contributed by atoms with Gasteiger partial charge in [-0.15, -0.1) is 0 Å². The first kappa shape index (κ1) is 20.0. The van der Waals surface area contributed by atoms with Gasteiger partial charge in [-0.05, 0) is 58.9 Å². The Morgan fingerprint density at radius 3 is 2.50 bits per heavy atom. The molecule has 2 nitrogen and oxygen atoms in total. The fourth-order valence-corrected chi connectivity index (χ4v) is 3.35. The molecular weight excluding hydrogens is 366 g/mol. The molecule has 0 fully saturated rings. The fraction of sp³-hybridized carbons (Fsp3) is 0.200. The molecule has 0 aliphatic rings. The lowest BCUT2D eigenvalue weighted by Crippen LogP contribution is -2.11. The minimum atomic E-state index is 0.164. The smallest absolute Gasteiger partial charge is 0.124 e. The summed E-state index contributed by atoms with van der Waals surface area (Å²) in [6.07, 6.45) is 1.13. The second-order valence-corrected chi connectivity index (χ2v) is 7.57. The van der Waals surface area contributed by atoms with Crippen molar-refractivity contribution in [1.82, 2.24) is 5.32 Å². The minimum Gasteiger partial charge on any atom is -0.507 e. The van der Waals surface area contributed by atoms with Crippen LogP contribution in [0.2, 0.25) is 5.02 Å². The first-order valence-corrected chi connectivity index (χ1v) is 9.96.